The molecule has 0 aliphatic heterocycles. The monoisotopic (exact) mass is 263 g/mol. The van der Waals surface area contributed by atoms with E-state index in [0.29, 0.717) is 6.61 Å². The van der Waals surface area contributed by atoms with Gasteiger partial charge in [0.1, 0.15) is 11.5 Å². The summed E-state index contributed by atoms with van der Waals surface area (Å²) in [4.78, 5) is 0. The average Bonchev–Trinajstić information content (AvgIpc) is 2.39. The standard InChI is InChI=1S/C16H25NO2/c1-5-14(17)10-13-11-15(18-4)6-7-16(13)19-9-8-12(2)3/h6-7,11,14H,2,5,8-10,17H2,1,3-4H3. The Hall–Kier alpha value is -1.48. The van der Waals surface area contributed by atoms with E-state index in [1.165, 1.54) is 0 Å². The molecule has 1 aromatic rings. The van der Waals surface area contributed by atoms with Crippen molar-refractivity contribution in [2.24, 2.45) is 5.73 Å². The summed E-state index contributed by atoms with van der Waals surface area (Å²) in [5, 5.41) is 0. The highest BCUT2D eigenvalue weighted by Crippen LogP contribution is 2.26. The van der Waals surface area contributed by atoms with Crippen LogP contribution in [0.2, 0.25) is 0 Å². The molecule has 3 nitrogen and oxygen atoms in total. The zero-order valence-corrected chi connectivity index (χ0v) is 12.2. The van der Waals surface area contributed by atoms with Gasteiger partial charge in [-0.1, -0.05) is 12.5 Å². The van der Waals surface area contributed by atoms with E-state index in [2.05, 4.69) is 13.5 Å². The number of rotatable bonds is 8. The van der Waals surface area contributed by atoms with Crippen LogP contribution in [0, 0.1) is 0 Å². The molecule has 0 spiro atoms. The van der Waals surface area contributed by atoms with Gasteiger partial charge < -0.3 is 15.2 Å². The van der Waals surface area contributed by atoms with Gasteiger partial charge in [0.05, 0.1) is 13.7 Å². The molecule has 0 radical (unpaired) electrons. The zero-order valence-electron chi connectivity index (χ0n) is 12.2. The smallest absolute Gasteiger partial charge is 0.122 e. The van der Waals surface area contributed by atoms with E-state index < -0.39 is 0 Å². The molecule has 0 heterocycles. The number of benzene rings is 1. The molecule has 2 N–H and O–H groups in total. The second-order valence-corrected chi connectivity index (χ2v) is 4.90. The van der Waals surface area contributed by atoms with Crippen molar-refractivity contribution in [3.8, 4) is 11.5 Å². The number of methoxy groups -OCH3 is 1. The van der Waals surface area contributed by atoms with Crippen LogP contribution in [0.25, 0.3) is 0 Å². The van der Waals surface area contributed by atoms with Crippen molar-refractivity contribution in [1.82, 2.24) is 0 Å². The van der Waals surface area contributed by atoms with E-state index in [0.717, 1.165) is 41.9 Å². The number of ether oxygens (including phenoxy) is 2. The van der Waals surface area contributed by atoms with Crippen LogP contribution in [0.1, 0.15) is 32.3 Å². The first kappa shape index (κ1) is 15.6. The highest BCUT2D eigenvalue weighted by molar-refractivity contribution is 5.40. The van der Waals surface area contributed by atoms with E-state index in [4.69, 9.17) is 15.2 Å². The molecule has 19 heavy (non-hydrogen) atoms. The van der Waals surface area contributed by atoms with Crippen molar-refractivity contribution in [3.05, 3.63) is 35.9 Å². The minimum Gasteiger partial charge on any atom is -0.497 e. The van der Waals surface area contributed by atoms with Crippen LogP contribution in [0.3, 0.4) is 0 Å². The molecule has 106 valence electrons. The highest BCUT2D eigenvalue weighted by Gasteiger charge is 2.09. The van der Waals surface area contributed by atoms with E-state index in [9.17, 15) is 0 Å². The summed E-state index contributed by atoms with van der Waals surface area (Å²) in [5.74, 6) is 1.73. The van der Waals surface area contributed by atoms with E-state index in [-0.39, 0.29) is 6.04 Å². The molecule has 1 atom stereocenters. The third-order valence-electron chi connectivity index (χ3n) is 3.06. The molecule has 1 aromatic carbocycles. The fraction of sp³-hybridized carbons (Fsp3) is 0.500. The van der Waals surface area contributed by atoms with Gasteiger partial charge in [0.25, 0.3) is 0 Å². The summed E-state index contributed by atoms with van der Waals surface area (Å²) < 4.78 is 11.1. The quantitative estimate of drug-likeness (QED) is 0.732. The van der Waals surface area contributed by atoms with Gasteiger partial charge in [-0.25, -0.2) is 0 Å². The third-order valence-corrected chi connectivity index (χ3v) is 3.06. The van der Waals surface area contributed by atoms with Crippen LogP contribution in [0.15, 0.2) is 30.4 Å². The van der Waals surface area contributed by atoms with Crippen LogP contribution in [0.4, 0.5) is 0 Å². The predicted molar refractivity (Wildman–Crippen MR) is 79.9 cm³/mol. The Morgan fingerprint density at radius 2 is 2.16 bits per heavy atom. The van der Waals surface area contributed by atoms with Crippen LogP contribution in [0.5, 0.6) is 11.5 Å². The average molecular weight is 263 g/mol. The lowest BCUT2D eigenvalue weighted by Crippen LogP contribution is -2.21. The van der Waals surface area contributed by atoms with Crippen molar-refractivity contribution in [2.75, 3.05) is 13.7 Å². The molecule has 0 saturated heterocycles. The molecule has 3 heteroatoms. The number of hydrogen-bond donors (Lipinski definition) is 1. The summed E-state index contributed by atoms with van der Waals surface area (Å²) in [6.45, 7) is 8.62. The maximum Gasteiger partial charge on any atom is 0.122 e. The summed E-state index contributed by atoms with van der Waals surface area (Å²) in [7, 11) is 1.67. The third kappa shape index (κ3) is 5.35. The molecular formula is C16H25NO2. The molecule has 1 rings (SSSR count). The highest BCUT2D eigenvalue weighted by atomic mass is 16.5. The summed E-state index contributed by atoms with van der Waals surface area (Å²) in [5.41, 5.74) is 8.26. The van der Waals surface area contributed by atoms with Crippen molar-refractivity contribution in [3.63, 3.8) is 0 Å². The molecular weight excluding hydrogens is 238 g/mol. The second-order valence-electron chi connectivity index (χ2n) is 4.90. The van der Waals surface area contributed by atoms with Crippen molar-refractivity contribution >= 4 is 0 Å². The summed E-state index contributed by atoms with van der Waals surface area (Å²) >= 11 is 0. The normalized spacial score (nSPS) is 12.0. The Morgan fingerprint density at radius 1 is 1.42 bits per heavy atom. The Kier molecular flexibility index (Phi) is 6.43. The topological polar surface area (TPSA) is 44.5 Å². The summed E-state index contributed by atoms with van der Waals surface area (Å²) in [6.07, 6.45) is 2.61. The minimum absolute atomic E-state index is 0.149. The SMILES string of the molecule is C=C(C)CCOc1ccc(OC)cc1CC(N)CC. The Bertz CT molecular complexity index is 415. The maximum absolute atomic E-state index is 6.03. The number of nitrogens with two attached hydrogens (primary N) is 1. The van der Waals surface area contributed by atoms with E-state index in [1.807, 2.05) is 25.1 Å². The molecule has 0 aromatic heterocycles. The number of hydrogen-bond acceptors (Lipinski definition) is 3. The van der Waals surface area contributed by atoms with Crippen LogP contribution >= 0.6 is 0 Å². The van der Waals surface area contributed by atoms with E-state index in [1.54, 1.807) is 7.11 Å². The van der Waals surface area contributed by atoms with Gasteiger partial charge in [-0.2, -0.15) is 0 Å². The van der Waals surface area contributed by atoms with Gasteiger partial charge in [-0.3, -0.25) is 0 Å². The minimum atomic E-state index is 0.149. The van der Waals surface area contributed by atoms with Crippen LogP contribution < -0.4 is 15.2 Å². The van der Waals surface area contributed by atoms with Crippen LogP contribution in [-0.4, -0.2) is 19.8 Å². The first-order chi connectivity index (χ1) is 9.06. The fourth-order valence-electron chi connectivity index (χ4n) is 1.75. The molecule has 0 aliphatic carbocycles. The fourth-order valence-corrected chi connectivity index (χ4v) is 1.75. The molecule has 0 fully saturated rings. The van der Waals surface area contributed by atoms with Gasteiger partial charge in [-0.05, 0) is 43.5 Å². The molecule has 0 bridgehead atoms. The van der Waals surface area contributed by atoms with Gasteiger partial charge in [-0.15, -0.1) is 6.58 Å². The lowest BCUT2D eigenvalue weighted by atomic mass is 10.0. The van der Waals surface area contributed by atoms with Crippen molar-refractivity contribution < 1.29 is 9.47 Å². The van der Waals surface area contributed by atoms with Crippen LogP contribution in [-0.2, 0) is 6.42 Å². The molecule has 0 amide bonds. The predicted octanol–water partition coefficient (Wildman–Crippen LogP) is 3.32. The van der Waals surface area contributed by atoms with Gasteiger partial charge in [0.2, 0.25) is 0 Å². The second kappa shape index (κ2) is 7.85. The van der Waals surface area contributed by atoms with Crippen molar-refractivity contribution in [1.29, 1.82) is 0 Å². The lowest BCUT2D eigenvalue weighted by molar-refractivity contribution is 0.316. The molecule has 0 saturated carbocycles. The zero-order chi connectivity index (χ0) is 14.3. The molecule has 0 aliphatic rings. The first-order valence-corrected chi connectivity index (χ1v) is 6.76. The molecule has 1 unspecified atom stereocenters. The van der Waals surface area contributed by atoms with Crippen molar-refractivity contribution in [2.45, 2.75) is 39.2 Å². The summed E-state index contributed by atoms with van der Waals surface area (Å²) in [6, 6.07) is 6.02. The van der Waals surface area contributed by atoms with E-state index >= 15 is 0 Å². The lowest BCUT2D eigenvalue weighted by Gasteiger charge is -2.15. The largest absolute Gasteiger partial charge is 0.497 e. The maximum atomic E-state index is 6.03. The Morgan fingerprint density at radius 3 is 2.74 bits per heavy atom. The first-order valence-electron chi connectivity index (χ1n) is 6.76. The van der Waals surface area contributed by atoms with Gasteiger partial charge in [0.15, 0.2) is 0 Å². The Balaban J connectivity index is 2.79. The van der Waals surface area contributed by atoms with Gasteiger partial charge >= 0.3 is 0 Å². The Labute approximate surface area is 116 Å². The van der Waals surface area contributed by atoms with Gasteiger partial charge in [0, 0.05) is 12.5 Å².